The molecule has 1 aliphatic heterocycles. The number of carbonyl (C=O) groups is 1. The number of nitrogens with zero attached hydrogens (tertiary/aromatic N) is 4. The summed E-state index contributed by atoms with van der Waals surface area (Å²) in [6.45, 7) is 4.73. The van der Waals surface area contributed by atoms with E-state index in [9.17, 15) is 9.90 Å². The van der Waals surface area contributed by atoms with Gasteiger partial charge in [0.1, 0.15) is 18.8 Å². The van der Waals surface area contributed by atoms with Gasteiger partial charge in [-0.3, -0.25) is 9.36 Å². The molecular weight excluding hydrogens is 371 g/mol. The van der Waals surface area contributed by atoms with Crippen molar-refractivity contribution in [2.45, 2.75) is 51.3 Å². The molecule has 11 heteroatoms. The number of esters is 1. The summed E-state index contributed by atoms with van der Waals surface area (Å²) < 4.78 is 27.6. The summed E-state index contributed by atoms with van der Waals surface area (Å²) in [5.41, 5.74) is 4.19. The first-order valence-electron chi connectivity index (χ1n) is 9.01. The number of nitrogen functional groups attached to an aromatic ring is 1. The van der Waals surface area contributed by atoms with Crippen molar-refractivity contribution in [2.24, 2.45) is 5.92 Å². The number of aliphatic hydroxyl groups excluding tert-OH is 1. The molecular formula is C17H25FN6O4. The van der Waals surface area contributed by atoms with Gasteiger partial charge in [0.05, 0.1) is 6.33 Å². The molecule has 3 rings (SSSR count). The maximum absolute atomic E-state index is 15.4. The van der Waals surface area contributed by atoms with Crippen LogP contribution in [0.4, 0.5) is 16.2 Å². The fourth-order valence-corrected chi connectivity index (χ4v) is 3.20. The Kier molecular flexibility index (Phi) is 5.39. The van der Waals surface area contributed by atoms with Gasteiger partial charge in [0.2, 0.25) is 5.95 Å². The molecule has 0 bridgehead atoms. The number of nitrogens with one attached hydrogen (secondary N) is 1. The third-order valence-electron chi connectivity index (χ3n) is 4.63. The number of fused-ring (bicyclic) bond motifs is 1. The molecule has 2 aromatic heterocycles. The van der Waals surface area contributed by atoms with Crippen molar-refractivity contribution >= 4 is 28.9 Å². The molecule has 4 atom stereocenters. The van der Waals surface area contributed by atoms with Gasteiger partial charge >= 0.3 is 5.97 Å². The van der Waals surface area contributed by atoms with Gasteiger partial charge in [0.25, 0.3) is 0 Å². The van der Waals surface area contributed by atoms with E-state index in [1.54, 1.807) is 7.05 Å². The minimum atomic E-state index is -2.18. The Morgan fingerprint density at radius 2 is 2.25 bits per heavy atom. The number of anilines is 2. The number of aliphatic hydroxyl groups is 1. The Bertz CT molecular complexity index is 871. The van der Waals surface area contributed by atoms with E-state index in [4.69, 9.17) is 15.2 Å². The number of halogens is 1. The number of rotatable bonds is 6. The summed E-state index contributed by atoms with van der Waals surface area (Å²) in [7, 11) is 1.65. The van der Waals surface area contributed by atoms with Crippen LogP contribution in [-0.4, -0.2) is 62.1 Å². The van der Waals surface area contributed by atoms with E-state index in [1.165, 1.54) is 17.8 Å². The van der Waals surface area contributed by atoms with Crippen molar-refractivity contribution in [3.8, 4) is 0 Å². The molecule has 154 valence electrons. The maximum Gasteiger partial charge on any atom is 0.306 e. The molecule has 1 saturated heterocycles. The number of hydrogen-bond donors (Lipinski definition) is 3. The monoisotopic (exact) mass is 396 g/mol. The second-order valence-electron chi connectivity index (χ2n) is 7.41. The number of ether oxygens (including phenoxy) is 2. The third kappa shape index (κ3) is 3.59. The van der Waals surface area contributed by atoms with Crippen LogP contribution in [0.2, 0.25) is 0 Å². The first-order chi connectivity index (χ1) is 13.1. The Labute approximate surface area is 161 Å². The van der Waals surface area contributed by atoms with Crippen LogP contribution in [0.25, 0.3) is 11.2 Å². The summed E-state index contributed by atoms with van der Waals surface area (Å²) in [6.07, 6.45) is -2.20. The van der Waals surface area contributed by atoms with Crippen molar-refractivity contribution in [1.82, 2.24) is 19.5 Å². The summed E-state index contributed by atoms with van der Waals surface area (Å²) in [4.78, 5) is 24.1. The molecule has 0 unspecified atom stereocenters. The Morgan fingerprint density at radius 3 is 2.89 bits per heavy atom. The predicted molar refractivity (Wildman–Crippen MR) is 99.1 cm³/mol. The molecule has 0 radical (unpaired) electrons. The van der Waals surface area contributed by atoms with E-state index in [-0.39, 0.29) is 30.5 Å². The number of alkyl halides is 1. The smallest absolute Gasteiger partial charge is 0.306 e. The van der Waals surface area contributed by atoms with E-state index in [0.717, 1.165) is 0 Å². The third-order valence-corrected chi connectivity index (χ3v) is 4.63. The van der Waals surface area contributed by atoms with Crippen LogP contribution < -0.4 is 11.1 Å². The highest BCUT2D eigenvalue weighted by Crippen LogP contribution is 2.42. The van der Waals surface area contributed by atoms with Crippen LogP contribution in [0, 0.1) is 5.92 Å². The van der Waals surface area contributed by atoms with Gasteiger partial charge in [-0.1, -0.05) is 13.8 Å². The minimum absolute atomic E-state index is 0.0168. The maximum atomic E-state index is 15.4. The first kappa shape index (κ1) is 20.2. The molecule has 10 nitrogen and oxygen atoms in total. The van der Waals surface area contributed by atoms with Crippen molar-refractivity contribution in [1.29, 1.82) is 0 Å². The number of aromatic nitrogens is 4. The number of nitrogens with two attached hydrogens (primary N) is 1. The Hall–Kier alpha value is -2.53. The summed E-state index contributed by atoms with van der Waals surface area (Å²) in [5.74, 6) is 0.0726. The quantitative estimate of drug-likeness (QED) is 0.611. The van der Waals surface area contributed by atoms with Crippen LogP contribution in [0.1, 0.15) is 33.4 Å². The molecule has 0 saturated carbocycles. The molecule has 28 heavy (non-hydrogen) atoms. The molecule has 0 spiro atoms. The van der Waals surface area contributed by atoms with Crippen molar-refractivity contribution in [2.75, 3.05) is 24.7 Å². The fourth-order valence-electron chi connectivity index (χ4n) is 3.20. The number of hydrogen-bond acceptors (Lipinski definition) is 9. The second-order valence-corrected chi connectivity index (χ2v) is 7.41. The lowest BCUT2D eigenvalue weighted by molar-refractivity contribution is -0.150. The van der Waals surface area contributed by atoms with E-state index >= 15 is 4.39 Å². The van der Waals surface area contributed by atoms with Crippen LogP contribution >= 0.6 is 0 Å². The topological polar surface area (TPSA) is 137 Å². The van der Waals surface area contributed by atoms with Crippen LogP contribution in [-0.2, 0) is 14.3 Å². The van der Waals surface area contributed by atoms with Gasteiger partial charge in [-0.25, -0.2) is 9.37 Å². The molecule has 0 aromatic carbocycles. The normalized spacial score (nSPS) is 27.5. The van der Waals surface area contributed by atoms with Crippen LogP contribution in [0.3, 0.4) is 0 Å². The zero-order valence-corrected chi connectivity index (χ0v) is 16.2. The van der Waals surface area contributed by atoms with Crippen LogP contribution in [0.15, 0.2) is 6.33 Å². The lowest BCUT2D eigenvalue weighted by Gasteiger charge is -2.24. The highest BCUT2D eigenvalue weighted by molar-refractivity contribution is 5.84. The molecule has 0 aliphatic carbocycles. The van der Waals surface area contributed by atoms with Gasteiger partial charge in [-0.2, -0.15) is 9.97 Å². The van der Waals surface area contributed by atoms with Crippen molar-refractivity contribution in [3.63, 3.8) is 0 Å². The van der Waals surface area contributed by atoms with Crippen molar-refractivity contribution in [3.05, 3.63) is 6.33 Å². The van der Waals surface area contributed by atoms with Gasteiger partial charge < -0.3 is 25.6 Å². The van der Waals surface area contributed by atoms with E-state index in [1.807, 2.05) is 13.8 Å². The molecule has 3 heterocycles. The zero-order valence-electron chi connectivity index (χ0n) is 16.2. The molecule has 2 aromatic rings. The Morgan fingerprint density at radius 1 is 1.54 bits per heavy atom. The highest BCUT2D eigenvalue weighted by atomic mass is 19.1. The van der Waals surface area contributed by atoms with Gasteiger partial charge in [0.15, 0.2) is 28.9 Å². The molecule has 4 N–H and O–H groups in total. The predicted octanol–water partition coefficient (Wildman–Crippen LogP) is 1.03. The fraction of sp³-hybridized carbons (Fsp3) is 0.647. The summed E-state index contributed by atoms with van der Waals surface area (Å²) >= 11 is 0. The summed E-state index contributed by atoms with van der Waals surface area (Å²) in [6, 6.07) is 0. The largest absolute Gasteiger partial charge is 0.463 e. The molecule has 0 amide bonds. The standard InChI is InChI=1S/C17H25FN6O4/c1-8(2)5-10(25)27-6-9-12(26)17(3,18)15(28-9)24-7-21-11-13(20-4)22-16(19)23-14(11)24/h7-9,12,15,26H,5-6H2,1-4H3,(H3,19,20,22,23)/t9-,12-,15-,17-/m1/s1. The van der Waals surface area contributed by atoms with E-state index < -0.39 is 30.1 Å². The average Bonchev–Trinajstić information content (AvgIpc) is 3.11. The zero-order chi connectivity index (χ0) is 20.6. The first-order valence-corrected chi connectivity index (χ1v) is 9.01. The molecule has 1 fully saturated rings. The number of imidazole rings is 1. The lowest BCUT2D eigenvalue weighted by atomic mass is 9.98. The summed E-state index contributed by atoms with van der Waals surface area (Å²) in [5, 5.41) is 13.3. The van der Waals surface area contributed by atoms with Gasteiger partial charge in [0, 0.05) is 13.5 Å². The second kappa shape index (κ2) is 7.47. The van der Waals surface area contributed by atoms with E-state index in [0.29, 0.717) is 11.3 Å². The average molecular weight is 396 g/mol. The number of carbonyl (C=O) groups excluding carboxylic acids is 1. The van der Waals surface area contributed by atoms with Gasteiger partial charge in [-0.15, -0.1) is 0 Å². The van der Waals surface area contributed by atoms with E-state index in [2.05, 4.69) is 20.3 Å². The lowest BCUT2D eigenvalue weighted by Crippen LogP contribution is -2.41. The Balaban J connectivity index is 1.86. The SMILES string of the molecule is CNc1nc(N)nc2c1ncn2[C@@H]1O[C@H](COC(=O)CC(C)C)[C@@H](O)[C@@]1(C)F. The highest BCUT2D eigenvalue weighted by Gasteiger charge is 2.55. The minimum Gasteiger partial charge on any atom is -0.463 e. The molecule has 1 aliphatic rings. The van der Waals surface area contributed by atoms with Crippen molar-refractivity contribution < 1.29 is 23.8 Å². The van der Waals surface area contributed by atoms with Gasteiger partial charge in [-0.05, 0) is 12.8 Å². The van der Waals surface area contributed by atoms with Crippen LogP contribution in [0.5, 0.6) is 0 Å².